The van der Waals surface area contributed by atoms with Crippen molar-refractivity contribution in [1.29, 1.82) is 0 Å². The fourth-order valence-corrected chi connectivity index (χ4v) is 4.89. The molecule has 0 amide bonds. The van der Waals surface area contributed by atoms with Gasteiger partial charge in [0.05, 0.1) is 12.0 Å². The first-order valence-corrected chi connectivity index (χ1v) is 10.6. The Morgan fingerprint density at radius 2 is 1.29 bits per heavy atom. The molecule has 3 rings (SSSR count). The molecule has 146 valence electrons. The van der Waals surface area contributed by atoms with Gasteiger partial charge < -0.3 is 4.74 Å². The molecule has 0 atom stereocenters. The van der Waals surface area contributed by atoms with Crippen LogP contribution in [0.3, 0.4) is 0 Å². The molecule has 0 radical (unpaired) electrons. The molecule has 0 fully saturated rings. The van der Waals surface area contributed by atoms with Crippen LogP contribution in [-0.4, -0.2) is 19.8 Å². The number of aryl methyl sites for hydroxylation is 2. The summed E-state index contributed by atoms with van der Waals surface area (Å²) < 4.78 is 34.1. The lowest BCUT2D eigenvalue weighted by Gasteiger charge is -2.24. The maximum atomic E-state index is 13.6. The highest BCUT2D eigenvalue weighted by Gasteiger charge is 2.27. The summed E-state index contributed by atoms with van der Waals surface area (Å²) in [7, 11) is -2.17. The SMILES string of the molecule is COc1cc(S(=O)(=O)N(Cc2ccccc2)Cc2ccccc2)c(C)cc1C. The predicted molar refractivity (Wildman–Crippen MR) is 112 cm³/mol. The van der Waals surface area contributed by atoms with Gasteiger partial charge in [0.25, 0.3) is 0 Å². The number of benzene rings is 3. The minimum absolute atomic E-state index is 0.279. The van der Waals surface area contributed by atoms with Crippen LogP contribution in [0.25, 0.3) is 0 Å². The lowest BCUT2D eigenvalue weighted by Crippen LogP contribution is -2.31. The number of hydrogen-bond acceptors (Lipinski definition) is 3. The second-order valence-corrected chi connectivity index (χ2v) is 8.74. The van der Waals surface area contributed by atoms with Crippen LogP contribution in [0.1, 0.15) is 22.3 Å². The molecule has 0 N–H and O–H groups in total. The van der Waals surface area contributed by atoms with Gasteiger partial charge in [0, 0.05) is 19.2 Å². The molecule has 0 saturated carbocycles. The number of ether oxygens (including phenoxy) is 1. The van der Waals surface area contributed by atoms with Crippen LogP contribution in [0.2, 0.25) is 0 Å². The maximum absolute atomic E-state index is 13.6. The Morgan fingerprint density at radius 1 is 0.786 bits per heavy atom. The molecule has 4 nitrogen and oxygen atoms in total. The summed E-state index contributed by atoms with van der Waals surface area (Å²) in [5.41, 5.74) is 3.51. The summed E-state index contributed by atoms with van der Waals surface area (Å²) >= 11 is 0. The Balaban J connectivity index is 2.05. The van der Waals surface area contributed by atoms with Crippen LogP contribution >= 0.6 is 0 Å². The summed E-state index contributed by atoms with van der Waals surface area (Å²) in [4.78, 5) is 0.279. The fourth-order valence-electron chi connectivity index (χ4n) is 3.25. The van der Waals surface area contributed by atoms with Crippen LogP contribution in [0.5, 0.6) is 5.75 Å². The quantitative estimate of drug-likeness (QED) is 0.582. The van der Waals surface area contributed by atoms with Crippen molar-refractivity contribution in [2.45, 2.75) is 31.8 Å². The van der Waals surface area contributed by atoms with Gasteiger partial charge in [-0.1, -0.05) is 66.7 Å². The first-order chi connectivity index (χ1) is 13.4. The third-order valence-corrected chi connectivity index (χ3v) is 6.65. The highest BCUT2D eigenvalue weighted by Crippen LogP contribution is 2.29. The minimum atomic E-state index is -3.72. The van der Waals surface area contributed by atoms with Crippen molar-refractivity contribution in [2.75, 3.05) is 7.11 Å². The molecule has 0 saturated heterocycles. The highest BCUT2D eigenvalue weighted by molar-refractivity contribution is 7.89. The van der Waals surface area contributed by atoms with Crippen molar-refractivity contribution >= 4 is 10.0 Å². The van der Waals surface area contributed by atoms with Gasteiger partial charge in [-0.3, -0.25) is 0 Å². The molecule has 0 aliphatic carbocycles. The van der Waals surface area contributed by atoms with Gasteiger partial charge in [0.1, 0.15) is 5.75 Å². The molecule has 0 aliphatic heterocycles. The Bertz CT molecular complexity index is 991. The van der Waals surface area contributed by atoms with Gasteiger partial charge in [-0.15, -0.1) is 0 Å². The summed E-state index contributed by atoms with van der Waals surface area (Å²) in [5.74, 6) is 0.573. The third kappa shape index (κ3) is 4.43. The van der Waals surface area contributed by atoms with E-state index >= 15 is 0 Å². The van der Waals surface area contributed by atoms with Crippen molar-refractivity contribution < 1.29 is 13.2 Å². The van der Waals surface area contributed by atoms with E-state index in [0.717, 1.165) is 16.7 Å². The van der Waals surface area contributed by atoms with E-state index in [1.807, 2.05) is 80.6 Å². The zero-order valence-corrected chi connectivity index (χ0v) is 17.2. The van der Waals surface area contributed by atoms with E-state index in [1.54, 1.807) is 13.2 Å². The van der Waals surface area contributed by atoms with Gasteiger partial charge in [0.2, 0.25) is 10.0 Å². The van der Waals surface area contributed by atoms with Crippen molar-refractivity contribution in [2.24, 2.45) is 0 Å². The number of hydrogen-bond donors (Lipinski definition) is 0. The highest BCUT2D eigenvalue weighted by atomic mass is 32.2. The molecule has 3 aromatic carbocycles. The van der Waals surface area contributed by atoms with Crippen molar-refractivity contribution in [3.05, 3.63) is 95.1 Å². The monoisotopic (exact) mass is 395 g/mol. The lowest BCUT2D eigenvalue weighted by atomic mass is 10.1. The number of rotatable bonds is 7. The number of methoxy groups -OCH3 is 1. The number of sulfonamides is 1. The lowest BCUT2D eigenvalue weighted by molar-refractivity contribution is 0.397. The Labute approximate surface area is 167 Å². The number of nitrogens with zero attached hydrogens (tertiary/aromatic N) is 1. The Hall–Kier alpha value is -2.63. The molecule has 0 aromatic heterocycles. The minimum Gasteiger partial charge on any atom is -0.496 e. The first kappa shape index (κ1) is 20.1. The van der Waals surface area contributed by atoms with Gasteiger partial charge in [-0.05, 0) is 36.1 Å². The molecule has 5 heteroatoms. The Morgan fingerprint density at radius 3 is 1.75 bits per heavy atom. The maximum Gasteiger partial charge on any atom is 0.244 e. The van der Waals surface area contributed by atoms with E-state index in [-0.39, 0.29) is 4.90 Å². The van der Waals surface area contributed by atoms with Gasteiger partial charge in [-0.2, -0.15) is 4.31 Å². The molecule has 28 heavy (non-hydrogen) atoms. The normalized spacial score (nSPS) is 11.6. The zero-order valence-electron chi connectivity index (χ0n) is 16.4. The average Bonchev–Trinajstić information content (AvgIpc) is 2.69. The second kappa shape index (κ2) is 8.59. The zero-order chi connectivity index (χ0) is 20.1. The molecule has 3 aromatic rings. The average molecular weight is 396 g/mol. The van der Waals surface area contributed by atoms with E-state index in [0.29, 0.717) is 24.4 Å². The van der Waals surface area contributed by atoms with E-state index in [1.165, 1.54) is 4.31 Å². The largest absolute Gasteiger partial charge is 0.496 e. The van der Waals surface area contributed by atoms with Crippen LogP contribution in [0.4, 0.5) is 0 Å². The van der Waals surface area contributed by atoms with Crippen molar-refractivity contribution in [3.8, 4) is 5.75 Å². The molecular weight excluding hydrogens is 370 g/mol. The van der Waals surface area contributed by atoms with Crippen LogP contribution < -0.4 is 4.74 Å². The van der Waals surface area contributed by atoms with E-state index in [4.69, 9.17) is 4.74 Å². The van der Waals surface area contributed by atoms with Crippen LogP contribution in [-0.2, 0) is 23.1 Å². The summed E-state index contributed by atoms with van der Waals surface area (Å²) in [6.45, 7) is 4.33. The third-order valence-electron chi connectivity index (χ3n) is 4.71. The van der Waals surface area contributed by atoms with E-state index in [9.17, 15) is 8.42 Å². The smallest absolute Gasteiger partial charge is 0.244 e. The summed E-state index contributed by atoms with van der Waals surface area (Å²) in [6, 6.07) is 22.8. The van der Waals surface area contributed by atoms with E-state index in [2.05, 4.69) is 0 Å². The second-order valence-electron chi connectivity index (χ2n) is 6.83. The molecular formula is C23H25NO3S. The summed E-state index contributed by atoms with van der Waals surface area (Å²) in [5, 5.41) is 0. The van der Waals surface area contributed by atoms with Crippen molar-refractivity contribution in [3.63, 3.8) is 0 Å². The topological polar surface area (TPSA) is 46.6 Å². The first-order valence-electron chi connectivity index (χ1n) is 9.15. The van der Waals surface area contributed by atoms with Gasteiger partial charge >= 0.3 is 0 Å². The van der Waals surface area contributed by atoms with Crippen LogP contribution in [0, 0.1) is 13.8 Å². The van der Waals surface area contributed by atoms with Gasteiger partial charge in [-0.25, -0.2) is 8.42 Å². The molecule has 0 aliphatic rings. The molecule has 0 bridgehead atoms. The van der Waals surface area contributed by atoms with E-state index < -0.39 is 10.0 Å². The summed E-state index contributed by atoms with van der Waals surface area (Å²) in [6.07, 6.45) is 0. The molecule has 0 spiro atoms. The molecule has 0 heterocycles. The fraction of sp³-hybridized carbons (Fsp3) is 0.217. The predicted octanol–water partition coefficient (Wildman–Crippen LogP) is 4.70. The van der Waals surface area contributed by atoms with Crippen molar-refractivity contribution in [1.82, 2.24) is 4.31 Å². The Kier molecular flexibility index (Phi) is 6.17. The van der Waals surface area contributed by atoms with Gasteiger partial charge in [0.15, 0.2) is 0 Å². The molecule has 0 unspecified atom stereocenters. The standard InChI is InChI=1S/C23H25NO3S/c1-18-14-19(2)23(15-22(18)27-3)28(25,26)24(16-20-10-6-4-7-11-20)17-21-12-8-5-9-13-21/h4-15H,16-17H2,1-3H3. The van der Waals surface area contributed by atoms with Crippen LogP contribution in [0.15, 0.2) is 77.7 Å².